The van der Waals surface area contributed by atoms with Crippen LogP contribution in [0.15, 0.2) is 18.2 Å². The standard InChI is InChI=1S/C17H24F2N2O3/c1-12(2)11-21(8-9-24-3)16(22)6-7-20-17(23)14-5-4-13(18)10-15(14)19/h4-5,10,12H,6-9,11H2,1-3H3,(H,20,23). The first kappa shape index (κ1) is 20.0. The Morgan fingerprint density at radius 3 is 2.58 bits per heavy atom. The van der Waals surface area contributed by atoms with Gasteiger partial charge >= 0.3 is 0 Å². The van der Waals surface area contributed by atoms with Crippen LogP contribution in [-0.4, -0.2) is 50.1 Å². The first-order valence-corrected chi connectivity index (χ1v) is 7.85. The lowest BCUT2D eigenvalue weighted by molar-refractivity contribution is -0.132. The Bertz CT molecular complexity index is 565. The molecule has 0 bridgehead atoms. The molecule has 24 heavy (non-hydrogen) atoms. The van der Waals surface area contributed by atoms with E-state index in [0.717, 1.165) is 12.1 Å². The predicted molar refractivity (Wildman–Crippen MR) is 86.6 cm³/mol. The molecule has 1 aromatic carbocycles. The maximum Gasteiger partial charge on any atom is 0.254 e. The molecule has 0 unspecified atom stereocenters. The second-order valence-corrected chi connectivity index (χ2v) is 5.86. The lowest BCUT2D eigenvalue weighted by Gasteiger charge is -2.24. The molecule has 0 aliphatic heterocycles. The van der Waals surface area contributed by atoms with Crippen LogP contribution in [0.1, 0.15) is 30.6 Å². The van der Waals surface area contributed by atoms with Crippen molar-refractivity contribution < 1.29 is 23.1 Å². The topological polar surface area (TPSA) is 58.6 Å². The number of halogens is 2. The molecule has 0 spiro atoms. The molecule has 1 N–H and O–H groups in total. The van der Waals surface area contributed by atoms with E-state index in [4.69, 9.17) is 4.74 Å². The van der Waals surface area contributed by atoms with Crippen LogP contribution in [0.25, 0.3) is 0 Å². The van der Waals surface area contributed by atoms with E-state index in [1.807, 2.05) is 13.8 Å². The summed E-state index contributed by atoms with van der Waals surface area (Å²) in [6, 6.07) is 2.74. The number of carbonyl (C=O) groups excluding carboxylic acids is 2. The van der Waals surface area contributed by atoms with E-state index in [2.05, 4.69) is 5.32 Å². The summed E-state index contributed by atoms with van der Waals surface area (Å²) in [6.07, 6.45) is 0.102. The smallest absolute Gasteiger partial charge is 0.254 e. The highest BCUT2D eigenvalue weighted by Gasteiger charge is 2.16. The van der Waals surface area contributed by atoms with Crippen molar-refractivity contribution in [1.82, 2.24) is 10.2 Å². The molecule has 7 heteroatoms. The van der Waals surface area contributed by atoms with E-state index in [9.17, 15) is 18.4 Å². The molecule has 0 fully saturated rings. The van der Waals surface area contributed by atoms with Gasteiger partial charge in [-0.15, -0.1) is 0 Å². The summed E-state index contributed by atoms with van der Waals surface area (Å²) in [5, 5.41) is 2.47. The number of hydrogen-bond acceptors (Lipinski definition) is 3. The van der Waals surface area contributed by atoms with Gasteiger partial charge in [0.2, 0.25) is 5.91 Å². The van der Waals surface area contributed by atoms with Gasteiger partial charge in [-0.2, -0.15) is 0 Å². The normalized spacial score (nSPS) is 10.8. The van der Waals surface area contributed by atoms with Crippen molar-refractivity contribution in [3.05, 3.63) is 35.4 Å². The van der Waals surface area contributed by atoms with Crippen molar-refractivity contribution in [2.24, 2.45) is 5.92 Å². The fourth-order valence-corrected chi connectivity index (χ4v) is 2.17. The quantitative estimate of drug-likeness (QED) is 0.749. The van der Waals surface area contributed by atoms with Crippen LogP contribution in [-0.2, 0) is 9.53 Å². The summed E-state index contributed by atoms with van der Waals surface area (Å²) in [4.78, 5) is 25.7. The van der Waals surface area contributed by atoms with Gasteiger partial charge in [-0.1, -0.05) is 13.8 Å². The molecule has 0 heterocycles. The average molecular weight is 342 g/mol. The number of hydrogen-bond donors (Lipinski definition) is 1. The fourth-order valence-electron chi connectivity index (χ4n) is 2.17. The minimum absolute atomic E-state index is 0.0794. The molecule has 2 amide bonds. The summed E-state index contributed by atoms with van der Waals surface area (Å²) >= 11 is 0. The van der Waals surface area contributed by atoms with Crippen LogP contribution >= 0.6 is 0 Å². The van der Waals surface area contributed by atoms with Gasteiger partial charge in [0.05, 0.1) is 12.2 Å². The molecule has 0 aliphatic rings. The average Bonchev–Trinajstić information content (AvgIpc) is 2.50. The Hall–Kier alpha value is -2.02. The Morgan fingerprint density at radius 2 is 2.00 bits per heavy atom. The van der Waals surface area contributed by atoms with Crippen molar-refractivity contribution in [3.63, 3.8) is 0 Å². The monoisotopic (exact) mass is 342 g/mol. The highest BCUT2D eigenvalue weighted by atomic mass is 19.1. The number of methoxy groups -OCH3 is 1. The molecule has 0 saturated heterocycles. The zero-order chi connectivity index (χ0) is 18.1. The maximum atomic E-state index is 13.5. The van der Waals surface area contributed by atoms with Gasteiger partial charge in [-0.3, -0.25) is 9.59 Å². The maximum absolute atomic E-state index is 13.5. The molecule has 0 aliphatic carbocycles. The summed E-state index contributed by atoms with van der Waals surface area (Å²) in [6.45, 7) is 5.61. The number of rotatable bonds is 9. The van der Waals surface area contributed by atoms with Gasteiger partial charge in [0.15, 0.2) is 0 Å². The number of amides is 2. The van der Waals surface area contributed by atoms with Crippen molar-refractivity contribution >= 4 is 11.8 Å². The van der Waals surface area contributed by atoms with E-state index in [1.165, 1.54) is 0 Å². The highest BCUT2D eigenvalue weighted by Crippen LogP contribution is 2.09. The minimum Gasteiger partial charge on any atom is -0.383 e. The lowest BCUT2D eigenvalue weighted by Crippen LogP contribution is -2.38. The molecule has 5 nitrogen and oxygen atoms in total. The Labute approximate surface area is 141 Å². The van der Waals surface area contributed by atoms with Crippen LogP contribution in [0.2, 0.25) is 0 Å². The second-order valence-electron chi connectivity index (χ2n) is 5.86. The predicted octanol–water partition coefficient (Wildman–Crippen LogP) is 2.22. The van der Waals surface area contributed by atoms with E-state index in [1.54, 1.807) is 12.0 Å². The third-order valence-electron chi connectivity index (χ3n) is 3.30. The zero-order valence-corrected chi connectivity index (χ0v) is 14.3. The number of nitrogens with zero attached hydrogens (tertiary/aromatic N) is 1. The third-order valence-corrected chi connectivity index (χ3v) is 3.30. The van der Waals surface area contributed by atoms with Crippen molar-refractivity contribution in [2.45, 2.75) is 20.3 Å². The van der Waals surface area contributed by atoms with Gasteiger partial charge in [-0.25, -0.2) is 8.78 Å². The fraction of sp³-hybridized carbons (Fsp3) is 0.529. The summed E-state index contributed by atoms with van der Waals surface area (Å²) in [7, 11) is 1.56. The van der Waals surface area contributed by atoms with Gasteiger partial charge < -0.3 is 15.0 Å². The van der Waals surface area contributed by atoms with E-state index in [0.29, 0.717) is 31.7 Å². The first-order chi connectivity index (χ1) is 11.3. The van der Waals surface area contributed by atoms with Crippen LogP contribution in [0.3, 0.4) is 0 Å². The van der Waals surface area contributed by atoms with Gasteiger partial charge in [0.1, 0.15) is 11.6 Å². The van der Waals surface area contributed by atoms with E-state index < -0.39 is 17.5 Å². The molecule has 1 aromatic rings. The van der Waals surface area contributed by atoms with Gasteiger partial charge in [-0.05, 0) is 18.1 Å². The SMILES string of the molecule is COCCN(CC(C)C)C(=O)CCNC(=O)c1ccc(F)cc1F. The van der Waals surface area contributed by atoms with Crippen LogP contribution in [0.4, 0.5) is 8.78 Å². The number of carbonyl (C=O) groups is 2. The molecular formula is C17H24F2N2O3. The Kier molecular flexibility index (Phi) is 8.32. The molecule has 0 saturated carbocycles. The van der Waals surface area contributed by atoms with Crippen molar-refractivity contribution in [3.8, 4) is 0 Å². The Balaban J connectivity index is 2.51. The second kappa shape index (κ2) is 9.97. The van der Waals surface area contributed by atoms with Gasteiger partial charge in [0, 0.05) is 39.2 Å². The van der Waals surface area contributed by atoms with Crippen LogP contribution < -0.4 is 5.32 Å². The largest absolute Gasteiger partial charge is 0.383 e. The number of benzene rings is 1. The molecular weight excluding hydrogens is 318 g/mol. The van der Waals surface area contributed by atoms with Crippen LogP contribution in [0.5, 0.6) is 0 Å². The molecule has 1 rings (SSSR count). The highest BCUT2D eigenvalue weighted by molar-refractivity contribution is 5.94. The first-order valence-electron chi connectivity index (χ1n) is 7.85. The minimum atomic E-state index is -0.930. The lowest BCUT2D eigenvalue weighted by atomic mass is 10.2. The summed E-state index contributed by atoms with van der Waals surface area (Å²) in [5.41, 5.74) is -0.248. The Morgan fingerprint density at radius 1 is 1.29 bits per heavy atom. The molecule has 0 atom stereocenters. The molecule has 0 radical (unpaired) electrons. The molecule has 134 valence electrons. The van der Waals surface area contributed by atoms with Gasteiger partial charge in [0.25, 0.3) is 5.91 Å². The van der Waals surface area contributed by atoms with E-state index in [-0.39, 0.29) is 24.4 Å². The van der Waals surface area contributed by atoms with Crippen molar-refractivity contribution in [1.29, 1.82) is 0 Å². The number of ether oxygens (including phenoxy) is 1. The zero-order valence-electron chi connectivity index (χ0n) is 14.3. The third kappa shape index (κ3) is 6.62. The number of nitrogens with one attached hydrogen (secondary N) is 1. The summed E-state index contributed by atoms with van der Waals surface area (Å²) in [5.74, 6) is -2.15. The van der Waals surface area contributed by atoms with Crippen molar-refractivity contribution in [2.75, 3.05) is 33.4 Å². The summed E-state index contributed by atoms with van der Waals surface area (Å²) < 4.78 is 31.3. The van der Waals surface area contributed by atoms with Crippen LogP contribution in [0, 0.1) is 17.6 Å². The molecule has 0 aromatic heterocycles. The van der Waals surface area contributed by atoms with E-state index >= 15 is 0 Å².